The Kier molecular flexibility index (Phi) is 5.85. The van der Waals surface area contributed by atoms with E-state index in [4.69, 9.17) is 23.2 Å². The zero-order valence-corrected chi connectivity index (χ0v) is 11.7. The maximum atomic E-state index is 12.4. The van der Waals surface area contributed by atoms with Gasteiger partial charge in [-0.05, 0) is 23.8 Å². The highest BCUT2D eigenvalue weighted by molar-refractivity contribution is 6.42. The number of alkyl halides is 3. The number of nitrogens with zero attached hydrogens (tertiary/aromatic N) is 1. The van der Waals surface area contributed by atoms with Gasteiger partial charge in [0.15, 0.2) is 0 Å². The molecule has 2 aromatic rings. The van der Waals surface area contributed by atoms with Gasteiger partial charge in [0, 0.05) is 6.20 Å². The van der Waals surface area contributed by atoms with Crippen LogP contribution in [0.25, 0.3) is 0 Å². The Balaban J connectivity index is 0.00000242. The molecule has 2 rings (SSSR count). The highest BCUT2D eigenvalue weighted by atomic mass is 35.5. The molecule has 0 aliphatic rings. The molecule has 0 saturated carbocycles. The van der Waals surface area contributed by atoms with Crippen LogP contribution in [0.15, 0.2) is 30.5 Å². The second-order valence-corrected chi connectivity index (χ2v) is 4.92. The summed E-state index contributed by atoms with van der Waals surface area (Å²) in [5.74, 6) is -2.48. The van der Waals surface area contributed by atoms with Crippen molar-refractivity contribution in [1.82, 2.24) is 15.5 Å². The molecule has 1 aromatic carbocycles. The summed E-state index contributed by atoms with van der Waals surface area (Å²) in [7, 11) is 0. The van der Waals surface area contributed by atoms with Crippen LogP contribution in [0.5, 0.6) is 0 Å². The molecular formula is C13H12Cl2F3N3O. The summed E-state index contributed by atoms with van der Waals surface area (Å²) in [6.07, 6.45) is -3.49. The van der Waals surface area contributed by atoms with Gasteiger partial charge in [0.25, 0.3) is 0 Å². The standard InChI is InChI=1S/C12H8Cl2F3N3O.CH4/c13-7-2-1-6(5-8(7)14)10(9-3-4-18-20-9)11(21)19-12(15,16)17;/h1-5,10H,(H,18,20)(H,19,21);1H4. The van der Waals surface area contributed by atoms with Crippen LogP contribution in [0.4, 0.5) is 13.2 Å². The molecule has 120 valence electrons. The van der Waals surface area contributed by atoms with Gasteiger partial charge in [0.2, 0.25) is 5.91 Å². The average molecular weight is 354 g/mol. The van der Waals surface area contributed by atoms with Crippen molar-refractivity contribution < 1.29 is 18.0 Å². The molecule has 22 heavy (non-hydrogen) atoms. The molecular weight excluding hydrogens is 342 g/mol. The average Bonchev–Trinajstić information content (AvgIpc) is 2.85. The van der Waals surface area contributed by atoms with E-state index in [1.165, 1.54) is 30.5 Å². The van der Waals surface area contributed by atoms with Crippen molar-refractivity contribution in [2.45, 2.75) is 19.6 Å². The van der Waals surface area contributed by atoms with Gasteiger partial charge in [-0.1, -0.05) is 36.7 Å². The van der Waals surface area contributed by atoms with Crippen molar-refractivity contribution in [3.05, 3.63) is 51.8 Å². The Morgan fingerprint density at radius 1 is 1.23 bits per heavy atom. The van der Waals surface area contributed by atoms with Crippen LogP contribution in [0, 0.1) is 0 Å². The Morgan fingerprint density at radius 3 is 2.41 bits per heavy atom. The van der Waals surface area contributed by atoms with Crippen LogP contribution in [0.3, 0.4) is 0 Å². The number of carbonyl (C=O) groups excluding carboxylic acids is 1. The smallest absolute Gasteiger partial charge is 0.281 e. The number of aromatic amines is 1. The zero-order chi connectivity index (χ0) is 15.6. The van der Waals surface area contributed by atoms with Crippen LogP contribution < -0.4 is 5.32 Å². The van der Waals surface area contributed by atoms with Crippen LogP contribution in [-0.4, -0.2) is 22.4 Å². The SMILES string of the molecule is C.O=C(NC(F)(F)F)C(c1ccc(Cl)c(Cl)c1)c1ccn[nH]1. The number of benzene rings is 1. The molecule has 1 amide bonds. The third-order valence-electron chi connectivity index (χ3n) is 2.64. The monoisotopic (exact) mass is 353 g/mol. The molecule has 0 fully saturated rings. The molecule has 1 aromatic heterocycles. The van der Waals surface area contributed by atoms with E-state index in [1.807, 2.05) is 0 Å². The molecule has 0 spiro atoms. The summed E-state index contributed by atoms with van der Waals surface area (Å²) >= 11 is 11.6. The second kappa shape index (κ2) is 7.02. The normalized spacial score (nSPS) is 12.4. The van der Waals surface area contributed by atoms with Crippen LogP contribution in [0.1, 0.15) is 24.6 Å². The van der Waals surface area contributed by atoms with Crippen molar-refractivity contribution in [2.24, 2.45) is 0 Å². The first-order valence-corrected chi connectivity index (χ1v) is 6.36. The number of rotatable bonds is 3. The zero-order valence-electron chi connectivity index (χ0n) is 10.2. The highest BCUT2D eigenvalue weighted by Crippen LogP contribution is 2.30. The van der Waals surface area contributed by atoms with E-state index in [9.17, 15) is 18.0 Å². The summed E-state index contributed by atoms with van der Waals surface area (Å²) in [6.45, 7) is 0. The predicted octanol–water partition coefficient (Wildman–Crippen LogP) is 4.12. The van der Waals surface area contributed by atoms with E-state index in [0.717, 1.165) is 5.32 Å². The molecule has 2 N–H and O–H groups in total. The third-order valence-corrected chi connectivity index (χ3v) is 3.38. The number of carbonyl (C=O) groups is 1. The van der Waals surface area contributed by atoms with E-state index >= 15 is 0 Å². The van der Waals surface area contributed by atoms with Crippen molar-refractivity contribution in [1.29, 1.82) is 0 Å². The number of hydrogen-bond acceptors (Lipinski definition) is 2. The van der Waals surface area contributed by atoms with Crippen LogP contribution in [0.2, 0.25) is 10.0 Å². The molecule has 0 radical (unpaired) electrons. The quantitative estimate of drug-likeness (QED) is 0.815. The molecule has 0 saturated heterocycles. The first kappa shape index (κ1) is 18.3. The number of hydrogen-bond donors (Lipinski definition) is 2. The van der Waals surface area contributed by atoms with Gasteiger partial charge in [0.05, 0.1) is 15.7 Å². The molecule has 1 unspecified atom stereocenters. The minimum Gasteiger partial charge on any atom is -0.281 e. The van der Waals surface area contributed by atoms with E-state index in [-0.39, 0.29) is 28.7 Å². The summed E-state index contributed by atoms with van der Waals surface area (Å²) in [6, 6.07) is 5.58. The fourth-order valence-corrected chi connectivity index (χ4v) is 2.11. The number of aromatic nitrogens is 2. The number of amides is 1. The van der Waals surface area contributed by atoms with Gasteiger partial charge in [-0.15, -0.1) is 0 Å². The molecule has 0 bridgehead atoms. The van der Waals surface area contributed by atoms with E-state index < -0.39 is 18.1 Å². The number of halogens is 5. The summed E-state index contributed by atoms with van der Waals surface area (Å²) in [5, 5.41) is 7.48. The van der Waals surface area contributed by atoms with E-state index in [1.54, 1.807) is 0 Å². The fourth-order valence-electron chi connectivity index (χ4n) is 1.80. The first-order valence-electron chi connectivity index (χ1n) is 5.61. The van der Waals surface area contributed by atoms with Crippen molar-refractivity contribution in [3.63, 3.8) is 0 Å². The first-order chi connectivity index (χ1) is 9.78. The van der Waals surface area contributed by atoms with Crippen molar-refractivity contribution >= 4 is 29.1 Å². The Labute approximate surface area is 134 Å². The van der Waals surface area contributed by atoms with Gasteiger partial charge in [-0.3, -0.25) is 15.2 Å². The van der Waals surface area contributed by atoms with Gasteiger partial charge in [-0.2, -0.15) is 18.3 Å². The minimum absolute atomic E-state index is 0. The van der Waals surface area contributed by atoms with Crippen molar-refractivity contribution in [2.75, 3.05) is 0 Å². The van der Waals surface area contributed by atoms with Crippen LogP contribution in [-0.2, 0) is 4.79 Å². The number of nitrogens with one attached hydrogen (secondary N) is 2. The molecule has 4 nitrogen and oxygen atoms in total. The van der Waals surface area contributed by atoms with E-state index in [2.05, 4.69) is 10.2 Å². The van der Waals surface area contributed by atoms with Gasteiger partial charge < -0.3 is 0 Å². The molecule has 9 heteroatoms. The maximum Gasteiger partial charge on any atom is 0.484 e. The fraction of sp³-hybridized carbons (Fsp3) is 0.231. The van der Waals surface area contributed by atoms with Crippen molar-refractivity contribution in [3.8, 4) is 0 Å². The lowest BCUT2D eigenvalue weighted by atomic mass is 9.95. The predicted molar refractivity (Wildman–Crippen MR) is 77.8 cm³/mol. The van der Waals surface area contributed by atoms with E-state index in [0.29, 0.717) is 0 Å². The molecule has 0 aliphatic carbocycles. The number of H-pyrrole nitrogens is 1. The lowest BCUT2D eigenvalue weighted by Gasteiger charge is -2.17. The van der Waals surface area contributed by atoms with Gasteiger partial charge >= 0.3 is 6.30 Å². The molecule has 1 heterocycles. The summed E-state index contributed by atoms with van der Waals surface area (Å²) in [4.78, 5) is 11.9. The second-order valence-electron chi connectivity index (χ2n) is 4.11. The lowest BCUT2D eigenvalue weighted by Crippen LogP contribution is -2.40. The maximum absolute atomic E-state index is 12.4. The topological polar surface area (TPSA) is 57.8 Å². The summed E-state index contributed by atoms with van der Waals surface area (Å²) < 4.78 is 37.1. The summed E-state index contributed by atoms with van der Waals surface area (Å²) in [5.41, 5.74) is 0.463. The highest BCUT2D eigenvalue weighted by Gasteiger charge is 2.35. The Hall–Kier alpha value is -1.73. The van der Waals surface area contributed by atoms with Gasteiger partial charge in [-0.25, -0.2) is 0 Å². The lowest BCUT2D eigenvalue weighted by molar-refractivity contribution is -0.170. The molecule has 1 atom stereocenters. The van der Waals surface area contributed by atoms with Gasteiger partial charge in [0.1, 0.15) is 5.92 Å². The van der Waals surface area contributed by atoms with Crippen LogP contribution >= 0.6 is 23.2 Å². The third kappa shape index (κ3) is 4.38. The Bertz CT molecular complexity index is 644. The minimum atomic E-state index is -4.83. The molecule has 0 aliphatic heterocycles. The Morgan fingerprint density at radius 2 is 1.91 bits per heavy atom. The largest absolute Gasteiger partial charge is 0.484 e.